The first-order chi connectivity index (χ1) is 14.1. The molecule has 0 bridgehead atoms. The van der Waals surface area contributed by atoms with E-state index in [1.54, 1.807) is 38.1 Å². The molecule has 0 aliphatic carbocycles. The predicted molar refractivity (Wildman–Crippen MR) is 110 cm³/mol. The number of esters is 1. The molecule has 2 aromatic rings. The van der Waals surface area contributed by atoms with E-state index in [1.165, 1.54) is 23.4 Å². The van der Waals surface area contributed by atoms with Gasteiger partial charge in [-0.3, -0.25) is 4.79 Å². The molecule has 0 radical (unpaired) electrons. The van der Waals surface area contributed by atoms with E-state index in [9.17, 15) is 22.4 Å². The van der Waals surface area contributed by atoms with E-state index in [-0.39, 0.29) is 30.1 Å². The maximum absolute atomic E-state index is 14.3. The highest BCUT2D eigenvalue weighted by Crippen LogP contribution is 2.21. The van der Waals surface area contributed by atoms with Gasteiger partial charge in [-0.1, -0.05) is 26.0 Å². The van der Waals surface area contributed by atoms with E-state index in [0.29, 0.717) is 11.1 Å². The zero-order valence-electron chi connectivity index (χ0n) is 17.4. The largest absolute Gasteiger partial charge is 0.465 e. The molecule has 0 spiro atoms. The van der Waals surface area contributed by atoms with Crippen LogP contribution in [0.5, 0.6) is 0 Å². The molecule has 0 unspecified atom stereocenters. The minimum absolute atomic E-state index is 0.133. The number of carbonyl (C=O) groups excluding carboxylic acids is 2. The summed E-state index contributed by atoms with van der Waals surface area (Å²) in [6, 6.07) is 9.67. The smallest absolute Gasteiger partial charge is 0.337 e. The average molecular weight is 437 g/mol. The molecule has 2 aromatic carbocycles. The van der Waals surface area contributed by atoms with E-state index < -0.39 is 27.7 Å². The molecule has 0 saturated carbocycles. The third-order valence-corrected chi connectivity index (χ3v) is 6.70. The number of hydrogen-bond acceptors (Lipinski definition) is 5. The number of ether oxygens (including phenoxy) is 1. The van der Waals surface area contributed by atoms with E-state index in [0.717, 1.165) is 18.2 Å². The van der Waals surface area contributed by atoms with Crippen molar-refractivity contribution in [2.75, 3.05) is 27.2 Å². The molecule has 30 heavy (non-hydrogen) atoms. The molecular weight excluding hydrogens is 411 g/mol. The fourth-order valence-corrected chi connectivity index (χ4v) is 4.44. The summed E-state index contributed by atoms with van der Waals surface area (Å²) in [6.45, 7) is 4.08. The molecule has 0 atom stereocenters. The number of nitrogens with zero attached hydrogens (tertiary/aromatic N) is 2. The van der Waals surface area contributed by atoms with Crippen molar-refractivity contribution in [3.05, 3.63) is 65.0 Å². The van der Waals surface area contributed by atoms with Crippen LogP contribution in [0.15, 0.2) is 47.4 Å². The number of methoxy groups -OCH3 is 1. The van der Waals surface area contributed by atoms with Gasteiger partial charge >= 0.3 is 5.97 Å². The second kappa shape index (κ2) is 9.82. The van der Waals surface area contributed by atoms with E-state index >= 15 is 0 Å². The lowest BCUT2D eigenvalue weighted by atomic mass is 10.1. The standard InChI is InChI=1S/C21H25FN2O5S/c1-5-24(6-2)30(27,28)17-11-12-19(22)18(13-17)20(25)23(3)14-15-7-9-16(10-8-15)21(26)29-4/h7-13H,5-6,14H2,1-4H3. The van der Waals surface area contributed by atoms with Crippen molar-refractivity contribution in [1.82, 2.24) is 9.21 Å². The van der Waals surface area contributed by atoms with Gasteiger partial charge in [0.25, 0.3) is 5.91 Å². The molecule has 9 heteroatoms. The lowest BCUT2D eigenvalue weighted by Crippen LogP contribution is -2.31. The van der Waals surface area contributed by atoms with Crippen LogP contribution in [-0.4, -0.2) is 56.7 Å². The van der Waals surface area contributed by atoms with Crippen molar-refractivity contribution < 1.29 is 27.1 Å². The van der Waals surface area contributed by atoms with Crippen LogP contribution in [0.1, 0.15) is 40.1 Å². The Morgan fingerprint density at radius 3 is 2.17 bits per heavy atom. The van der Waals surface area contributed by atoms with Crippen LogP contribution < -0.4 is 0 Å². The van der Waals surface area contributed by atoms with Crippen LogP contribution in [0.25, 0.3) is 0 Å². The fraction of sp³-hybridized carbons (Fsp3) is 0.333. The Labute approximate surface area is 176 Å². The Balaban J connectivity index is 2.26. The topological polar surface area (TPSA) is 84.0 Å². The summed E-state index contributed by atoms with van der Waals surface area (Å²) in [7, 11) is -1.05. The van der Waals surface area contributed by atoms with Gasteiger partial charge in [0.2, 0.25) is 10.0 Å². The highest BCUT2D eigenvalue weighted by atomic mass is 32.2. The molecule has 0 fully saturated rings. The Hall–Kier alpha value is -2.78. The first kappa shape index (κ1) is 23.5. The van der Waals surface area contributed by atoms with Crippen LogP contribution in [0.4, 0.5) is 4.39 Å². The van der Waals surface area contributed by atoms with Crippen molar-refractivity contribution >= 4 is 21.9 Å². The van der Waals surface area contributed by atoms with Gasteiger partial charge in [-0.2, -0.15) is 4.31 Å². The zero-order valence-corrected chi connectivity index (χ0v) is 18.2. The van der Waals surface area contributed by atoms with Crippen molar-refractivity contribution in [1.29, 1.82) is 0 Å². The van der Waals surface area contributed by atoms with Crippen molar-refractivity contribution in [2.45, 2.75) is 25.3 Å². The van der Waals surface area contributed by atoms with Crippen molar-refractivity contribution in [3.8, 4) is 0 Å². The minimum Gasteiger partial charge on any atom is -0.465 e. The lowest BCUT2D eigenvalue weighted by molar-refractivity contribution is 0.0600. The quantitative estimate of drug-likeness (QED) is 0.594. The van der Waals surface area contributed by atoms with Gasteiger partial charge in [0.1, 0.15) is 5.82 Å². The summed E-state index contributed by atoms with van der Waals surface area (Å²) >= 11 is 0. The second-order valence-corrected chi connectivity index (χ2v) is 8.52. The molecule has 0 aromatic heterocycles. The molecule has 0 aliphatic heterocycles. The molecule has 0 saturated heterocycles. The Morgan fingerprint density at radius 1 is 1.03 bits per heavy atom. The second-order valence-electron chi connectivity index (χ2n) is 6.58. The lowest BCUT2D eigenvalue weighted by Gasteiger charge is -2.20. The zero-order chi connectivity index (χ0) is 22.5. The van der Waals surface area contributed by atoms with Crippen LogP contribution in [0.3, 0.4) is 0 Å². The molecule has 0 N–H and O–H groups in total. The summed E-state index contributed by atoms with van der Waals surface area (Å²) in [4.78, 5) is 25.4. The molecule has 0 heterocycles. The number of sulfonamides is 1. The first-order valence-corrected chi connectivity index (χ1v) is 10.8. The number of amides is 1. The molecule has 1 amide bonds. The van der Waals surface area contributed by atoms with Gasteiger partial charge in [-0.15, -0.1) is 0 Å². The Bertz CT molecular complexity index is 1020. The minimum atomic E-state index is -3.82. The maximum Gasteiger partial charge on any atom is 0.337 e. The molecule has 7 nitrogen and oxygen atoms in total. The van der Waals surface area contributed by atoms with Gasteiger partial charge in [0, 0.05) is 26.7 Å². The van der Waals surface area contributed by atoms with Crippen LogP contribution in [0.2, 0.25) is 0 Å². The highest BCUT2D eigenvalue weighted by Gasteiger charge is 2.25. The van der Waals surface area contributed by atoms with E-state index in [1.807, 2.05) is 0 Å². The molecular formula is C21H25FN2O5S. The summed E-state index contributed by atoms with van der Waals surface area (Å²) in [6.07, 6.45) is 0. The van der Waals surface area contributed by atoms with Gasteiger partial charge in [0.15, 0.2) is 0 Å². The number of hydrogen-bond donors (Lipinski definition) is 0. The van der Waals surface area contributed by atoms with Gasteiger partial charge in [-0.05, 0) is 35.9 Å². The third kappa shape index (κ3) is 5.03. The molecule has 162 valence electrons. The normalized spacial score (nSPS) is 11.4. The van der Waals surface area contributed by atoms with Crippen LogP contribution in [-0.2, 0) is 21.3 Å². The van der Waals surface area contributed by atoms with E-state index in [4.69, 9.17) is 0 Å². The summed E-state index contributed by atoms with van der Waals surface area (Å²) in [5, 5.41) is 0. The monoisotopic (exact) mass is 436 g/mol. The van der Waals surface area contributed by atoms with Gasteiger partial charge in [-0.25, -0.2) is 17.6 Å². The Kier molecular flexibility index (Phi) is 7.69. The highest BCUT2D eigenvalue weighted by molar-refractivity contribution is 7.89. The molecule has 0 aliphatic rings. The summed E-state index contributed by atoms with van der Waals surface area (Å²) in [5.41, 5.74) is 0.762. The van der Waals surface area contributed by atoms with E-state index in [2.05, 4.69) is 4.74 Å². The van der Waals surface area contributed by atoms with Crippen molar-refractivity contribution in [2.24, 2.45) is 0 Å². The fourth-order valence-electron chi connectivity index (χ4n) is 2.96. The number of halogens is 1. The summed E-state index contributed by atoms with van der Waals surface area (Å²) in [5.74, 6) is -1.92. The number of rotatable bonds is 8. The Morgan fingerprint density at radius 2 is 1.63 bits per heavy atom. The van der Waals surface area contributed by atoms with Gasteiger partial charge < -0.3 is 9.64 Å². The first-order valence-electron chi connectivity index (χ1n) is 9.38. The number of benzene rings is 2. The maximum atomic E-state index is 14.3. The summed E-state index contributed by atoms with van der Waals surface area (Å²) < 4.78 is 45.6. The third-order valence-electron chi connectivity index (χ3n) is 4.65. The predicted octanol–water partition coefficient (Wildman–Crippen LogP) is 2.92. The van der Waals surface area contributed by atoms with Crippen molar-refractivity contribution in [3.63, 3.8) is 0 Å². The van der Waals surface area contributed by atoms with Crippen LogP contribution >= 0.6 is 0 Å². The van der Waals surface area contributed by atoms with Gasteiger partial charge in [0.05, 0.1) is 23.1 Å². The SMILES string of the molecule is CCN(CC)S(=O)(=O)c1ccc(F)c(C(=O)N(C)Cc2ccc(C(=O)OC)cc2)c1. The average Bonchev–Trinajstić information content (AvgIpc) is 2.74. The number of carbonyl (C=O) groups is 2. The molecule has 2 rings (SSSR count). The van der Waals surface area contributed by atoms with Crippen LogP contribution in [0, 0.1) is 5.82 Å².